The van der Waals surface area contributed by atoms with Crippen LogP contribution in [-0.2, 0) is 41.0 Å². The van der Waals surface area contributed by atoms with E-state index in [4.69, 9.17) is 46.7 Å². The van der Waals surface area contributed by atoms with Gasteiger partial charge in [-0.3, -0.25) is 12.5 Å². The van der Waals surface area contributed by atoms with Crippen LogP contribution in [0.5, 0.6) is 0 Å². The van der Waals surface area contributed by atoms with Crippen molar-refractivity contribution in [3.05, 3.63) is 0 Å². The normalized spacial score (nSPS) is 12.6. The molecule has 0 unspecified atom stereocenters. The zero-order valence-corrected chi connectivity index (χ0v) is 19.1. The van der Waals surface area contributed by atoms with Gasteiger partial charge in [0.05, 0.1) is 90.2 Å². The highest BCUT2D eigenvalue weighted by molar-refractivity contribution is 8.21. The Balaban J connectivity index is 4.52. The van der Waals surface area contributed by atoms with Crippen molar-refractivity contribution in [3.8, 4) is 0 Å². The van der Waals surface area contributed by atoms with Gasteiger partial charge in [-0.25, -0.2) is 0 Å². The molecule has 0 aliphatic carbocycles. The predicted molar refractivity (Wildman–Crippen MR) is 112 cm³/mol. The van der Waals surface area contributed by atoms with Crippen LogP contribution in [0.2, 0.25) is 0 Å². The molecular formula is C18H41NO9S. The van der Waals surface area contributed by atoms with Gasteiger partial charge < -0.3 is 34.2 Å². The Hall–Kier alpha value is -0.0500. The summed E-state index contributed by atoms with van der Waals surface area (Å²) in [5.41, 5.74) is 5.70. The van der Waals surface area contributed by atoms with Gasteiger partial charge in [0.15, 0.2) is 0 Å². The third-order valence-electron chi connectivity index (χ3n) is 3.37. The summed E-state index contributed by atoms with van der Waals surface area (Å²) in [6.45, 7) is 5.95. The molecule has 0 saturated heterocycles. The zero-order valence-electron chi connectivity index (χ0n) is 18.3. The minimum Gasteiger partial charge on any atom is -0.382 e. The van der Waals surface area contributed by atoms with Crippen molar-refractivity contribution in [3.63, 3.8) is 0 Å². The maximum Gasteiger partial charge on any atom is 0.0890 e. The van der Waals surface area contributed by atoms with Gasteiger partial charge in [-0.2, -0.15) is 0 Å². The molecule has 29 heavy (non-hydrogen) atoms. The molecule has 0 rings (SSSR count). The third-order valence-corrected chi connectivity index (χ3v) is 5.73. The van der Waals surface area contributed by atoms with Crippen LogP contribution in [0.1, 0.15) is 6.42 Å². The maximum atomic E-state index is 6.02. The number of rotatable bonds is 24. The molecule has 178 valence electrons. The number of ether oxygens (including phenoxy) is 6. The predicted octanol–water partition coefficient (Wildman–Crippen LogP) is 0.924. The number of nitrogens with two attached hydrogens (primary N) is 1. The molecule has 0 aliphatic heterocycles. The fourth-order valence-corrected chi connectivity index (χ4v) is 3.98. The number of hydrogen-bond acceptors (Lipinski definition) is 10. The molecule has 0 amide bonds. The van der Waals surface area contributed by atoms with Gasteiger partial charge in [-0.1, -0.05) is 0 Å². The lowest BCUT2D eigenvalue weighted by molar-refractivity contribution is 0.0298. The van der Waals surface area contributed by atoms with Crippen molar-refractivity contribution in [2.75, 3.05) is 113 Å². The molecule has 0 bridgehead atoms. The monoisotopic (exact) mass is 447 g/mol. The molecule has 0 aromatic carbocycles. The lowest BCUT2D eigenvalue weighted by atomic mass is 10.5. The Morgan fingerprint density at radius 2 is 0.862 bits per heavy atom. The molecule has 0 aromatic heterocycles. The molecule has 0 radical (unpaired) electrons. The smallest absolute Gasteiger partial charge is 0.0890 e. The third kappa shape index (κ3) is 18.4. The second kappa shape index (κ2) is 22.6. The van der Waals surface area contributed by atoms with E-state index in [1.165, 1.54) is 0 Å². The van der Waals surface area contributed by atoms with Gasteiger partial charge >= 0.3 is 0 Å². The van der Waals surface area contributed by atoms with Crippen LogP contribution in [-0.4, -0.2) is 113 Å². The van der Waals surface area contributed by atoms with E-state index in [2.05, 4.69) is 0 Å². The van der Waals surface area contributed by atoms with E-state index in [0.29, 0.717) is 91.6 Å². The summed E-state index contributed by atoms with van der Waals surface area (Å²) in [5, 5.41) is 0. The fourth-order valence-electron chi connectivity index (χ4n) is 1.93. The second-order valence-corrected chi connectivity index (χ2v) is 7.92. The van der Waals surface area contributed by atoms with Crippen LogP contribution in [0, 0.1) is 0 Å². The Morgan fingerprint density at radius 1 is 0.517 bits per heavy atom. The summed E-state index contributed by atoms with van der Waals surface area (Å²) in [6, 6.07) is 0. The Bertz CT molecular complexity index is 289. The zero-order chi connectivity index (χ0) is 21.5. The quantitative estimate of drug-likeness (QED) is 0.215. The van der Waals surface area contributed by atoms with E-state index in [-0.39, 0.29) is 0 Å². The number of methoxy groups -OCH3 is 3. The first kappa shape index (κ1) is 28.9. The van der Waals surface area contributed by atoms with E-state index in [9.17, 15) is 0 Å². The summed E-state index contributed by atoms with van der Waals surface area (Å²) in [5.74, 6) is 0.567. The molecule has 2 N–H and O–H groups in total. The topological polar surface area (TPSA) is 109 Å². The lowest BCUT2D eigenvalue weighted by Crippen LogP contribution is -2.23. The van der Waals surface area contributed by atoms with Crippen LogP contribution in [0.3, 0.4) is 0 Å². The minimum atomic E-state index is -2.25. The molecule has 0 heterocycles. The molecule has 0 fully saturated rings. The van der Waals surface area contributed by atoms with Gasteiger partial charge in [0.1, 0.15) is 0 Å². The van der Waals surface area contributed by atoms with Gasteiger partial charge in [0.25, 0.3) is 0 Å². The molecular weight excluding hydrogens is 406 g/mol. The highest BCUT2D eigenvalue weighted by atomic mass is 32.3. The Kier molecular flexibility index (Phi) is 22.6. The van der Waals surface area contributed by atoms with Gasteiger partial charge in [0.2, 0.25) is 0 Å². The summed E-state index contributed by atoms with van der Waals surface area (Å²) >= 11 is 0. The van der Waals surface area contributed by atoms with Crippen molar-refractivity contribution in [2.45, 2.75) is 6.42 Å². The van der Waals surface area contributed by atoms with Crippen LogP contribution in [0.15, 0.2) is 0 Å². The highest BCUT2D eigenvalue weighted by Crippen LogP contribution is 2.51. The van der Waals surface area contributed by atoms with Crippen molar-refractivity contribution in [1.29, 1.82) is 0 Å². The summed E-state index contributed by atoms with van der Waals surface area (Å²) in [4.78, 5) is 0. The average Bonchev–Trinajstić information content (AvgIpc) is 2.74. The SMILES string of the molecule is COCCOCCOS(CCCN)(OCCOCCOC)OCCOCCOC. The van der Waals surface area contributed by atoms with Crippen molar-refractivity contribution in [1.82, 2.24) is 0 Å². The van der Waals surface area contributed by atoms with E-state index in [0.717, 1.165) is 6.42 Å². The molecule has 0 saturated carbocycles. The Labute approximate surface area is 177 Å². The second-order valence-electron chi connectivity index (χ2n) is 5.69. The highest BCUT2D eigenvalue weighted by Gasteiger charge is 2.27. The van der Waals surface area contributed by atoms with Gasteiger partial charge in [-0.05, 0) is 13.0 Å². The van der Waals surface area contributed by atoms with Crippen molar-refractivity contribution in [2.24, 2.45) is 5.73 Å². The van der Waals surface area contributed by atoms with Crippen LogP contribution in [0.4, 0.5) is 0 Å². The van der Waals surface area contributed by atoms with Gasteiger partial charge in [-0.15, -0.1) is 0 Å². The first-order chi connectivity index (χ1) is 14.2. The summed E-state index contributed by atoms with van der Waals surface area (Å²) in [7, 11) is 2.65. The minimum absolute atomic E-state index is 0.346. The van der Waals surface area contributed by atoms with Crippen molar-refractivity contribution >= 4 is 10.9 Å². The fraction of sp³-hybridized carbons (Fsp3) is 1.00. The number of hydrogen-bond donors (Lipinski definition) is 1. The standard InChI is InChI=1S/C18H41NO9S/c1-20-6-9-23-12-15-26-29(18-4-5-19,27-16-13-24-10-7-21-2)28-17-14-25-11-8-22-3/h4-19H2,1-3H3. The molecule has 10 nitrogen and oxygen atoms in total. The maximum absolute atomic E-state index is 6.02. The van der Waals surface area contributed by atoms with Crippen LogP contribution < -0.4 is 5.73 Å². The first-order valence-electron chi connectivity index (χ1n) is 9.89. The van der Waals surface area contributed by atoms with E-state index < -0.39 is 10.9 Å². The summed E-state index contributed by atoms with van der Waals surface area (Å²) < 4.78 is 49.3. The lowest BCUT2D eigenvalue weighted by Gasteiger charge is -2.37. The molecule has 0 aromatic rings. The van der Waals surface area contributed by atoms with Crippen LogP contribution >= 0.6 is 10.9 Å². The molecule has 0 atom stereocenters. The Morgan fingerprint density at radius 3 is 1.17 bits per heavy atom. The summed E-state index contributed by atoms with van der Waals surface area (Å²) in [6.07, 6.45) is 0.717. The van der Waals surface area contributed by atoms with Gasteiger partial charge in [0, 0.05) is 27.1 Å². The van der Waals surface area contributed by atoms with E-state index in [1.807, 2.05) is 0 Å². The van der Waals surface area contributed by atoms with Crippen molar-refractivity contribution < 1.29 is 41.0 Å². The van der Waals surface area contributed by atoms with E-state index in [1.54, 1.807) is 21.3 Å². The largest absolute Gasteiger partial charge is 0.382 e. The van der Waals surface area contributed by atoms with Crippen LogP contribution in [0.25, 0.3) is 0 Å². The van der Waals surface area contributed by atoms with E-state index >= 15 is 0 Å². The average molecular weight is 448 g/mol. The first-order valence-corrected chi connectivity index (χ1v) is 11.5. The molecule has 0 spiro atoms. The molecule has 0 aliphatic rings. The molecule has 11 heteroatoms.